The van der Waals surface area contributed by atoms with Crippen LogP contribution in [0.15, 0.2) is 73.6 Å². The molecule has 2 aromatic carbocycles. The second-order valence-electron chi connectivity index (χ2n) is 11.3. The van der Waals surface area contributed by atoms with Gasteiger partial charge in [0.2, 0.25) is 5.91 Å². The van der Waals surface area contributed by atoms with Crippen molar-refractivity contribution in [2.75, 3.05) is 5.32 Å². The summed E-state index contributed by atoms with van der Waals surface area (Å²) in [6.07, 6.45) is 2.77. The molecule has 2 unspecified atom stereocenters. The minimum atomic E-state index is -5.08. The fourth-order valence-corrected chi connectivity index (χ4v) is 5.87. The summed E-state index contributed by atoms with van der Waals surface area (Å²) in [7, 11) is 1.86. The maximum Gasteiger partial charge on any atom is 0.490 e. The molecule has 3 aromatic heterocycles. The molecule has 48 heavy (non-hydrogen) atoms. The molecule has 1 saturated heterocycles. The molecule has 2 aliphatic rings. The molecule has 0 spiro atoms. The first-order chi connectivity index (χ1) is 22.9. The Hall–Kier alpha value is -5.86. The van der Waals surface area contributed by atoms with Crippen molar-refractivity contribution in [3.05, 3.63) is 84.8 Å². The minimum absolute atomic E-state index is 0.00237. The summed E-state index contributed by atoms with van der Waals surface area (Å²) in [4.78, 5) is 37.2. The molecule has 5 heterocycles. The average Bonchev–Trinajstić information content (AvgIpc) is 3.56. The summed E-state index contributed by atoms with van der Waals surface area (Å²) in [6.45, 7) is 5.67. The lowest BCUT2D eigenvalue weighted by Crippen LogP contribution is -2.42. The van der Waals surface area contributed by atoms with Gasteiger partial charge < -0.3 is 20.1 Å². The monoisotopic (exact) mass is 658 g/mol. The maximum absolute atomic E-state index is 12.4. The number of nitrogens with one attached hydrogen (secondary N) is 1. The maximum atomic E-state index is 12.4. The van der Waals surface area contributed by atoms with E-state index in [9.17, 15) is 18.0 Å². The second-order valence-corrected chi connectivity index (χ2v) is 11.3. The molecule has 2 bridgehead atoms. The van der Waals surface area contributed by atoms with Gasteiger partial charge in [-0.2, -0.15) is 13.2 Å². The highest BCUT2D eigenvalue weighted by molar-refractivity contribution is 5.90. The molecule has 12 nitrogen and oxygen atoms in total. The van der Waals surface area contributed by atoms with Gasteiger partial charge in [0.1, 0.15) is 28.9 Å². The molecule has 1 amide bonds. The fraction of sp³-hybridized carbons (Fsp3) is 0.242. The number of carbonyl (C=O) groups is 2. The van der Waals surface area contributed by atoms with E-state index in [0.717, 1.165) is 64.1 Å². The number of alkyl halides is 3. The molecule has 5 aromatic rings. The molecule has 0 saturated carbocycles. The lowest BCUT2D eigenvalue weighted by Gasteiger charge is -2.33. The van der Waals surface area contributed by atoms with E-state index in [1.807, 2.05) is 67.4 Å². The number of halogens is 3. The highest BCUT2D eigenvalue weighted by Gasteiger charge is 2.39. The molecule has 2 aliphatic heterocycles. The third-order valence-electron chi connectivity index (χ3n) is 8.13. The van der Waals surface area contributed by atoms with Gasteiger partial charge in [0, 0.05) is 24.8 Å². The number of aliphatic carboxylic acids is 1. The van der Waals surface area contributed by atoms with Crippen LogP contribution >= 0.6 is 0 Å². The van der Waals surface area contributed by atoms with Gasteiger partial charge in [-0.05, 0) is 85.9 Å². The molecule has 2 N–H and O–H groups in total. The summed E-state index contributed by atoms with van der Waals surface area (Å²) in [5.74, 6) is -0.692. The number of nitrogens with zero attached hydrogens (tertiary/aromatic N) is 7. The SMILES string of the molecule is C=CC(=O)N1C2C=C(c3ccc4ncnc(Nc5ccc(Oc6ccc7c(c6)nnn7C)c(C)c5)c4n3)CC1CC2.O=C(O)C(F)(F)F. The predicted octanol–water partition coefficient (Wildman–Crippen LogP) is 6.12. The van der Waals surface area contributed by atoms with Crippen molar-refractivity contribution in [1.29, 1.82) is 0 Å². The molecular weight excluding hydrogens is 629 g/mol. The van der Waals surface area contributed by atoms with E-state index in [2.05, 4.69) is 38.3 Å². The first kappa shape index (κ1) is 32.1. The number of pyridine rings is 1. The van der Waals surface area contributed by atoms with E-state index in [0.29, 0.717) is 17.1 Å². The Labute approximate surface area is 271 Å². The van der Waals surface area contributed by atoms with Crippen molar-refractivity contribution in [3.8, 4) is 11.5 Å². The number of aryl methyl sites for hydroxylation is 2. The summed E-state index contributed by atoms with van der Waals surface area (Å²) in [5, 5.41) is 18.8. The van der Waals surface area contributed by atoms with Crippen LogP contribution in [0.2, 0.25) is 0 Å². The number of hydrogen-bond donors (Lipinski definition) is 2. The largest absolute Gasteiger partial charge is 0.490 e. The Morgan fingerprint density at radius 2 is 1.88 bits per heavy atom. The summed E-state index contributed by atoms with van der Waals surface area (Å²) < 4.78 is 39.6. The first-order valence-electron chi connectivity index (χ1n) is 14.8. The highest BCUT2D eigenvalue weighted by atomic mass is 19.4. The molecule has 15 heteroatoms. The van der Waals surface area contributed by atoms with Crippen LogP contribution in [-0.4, -0.2) is 70.1 Å². The highest BCUT2D eigenvalue weighted by Crippen LogP contribution is 2.39. The van der Waals surface area contributed by atoms with E-state index < -0.39 is 12.1 Å². The van der Waals surface area contributed by atoms with E-state index in [4.69, 9.17) is 19.6 Å². The molecule has 1 fully saturated rings. The smallest absolute Gasteiger partial charge is 0.475 e. The lowest BCUT2D eigenvalue weighted by molar-refractivity contribution is -0.192. The van der Waals surface area contributed by atoms with Crippen LogP contribution in [0.4, 0.5) is 24.7 Å². The third kappa shape index (κ3) is 6.52. The van der Waals surface area contributed by atoms with Gasteiger partial charge in [-0.25, -0.2) is 24.4 Å². The fourth-order valence-electron chi connectivity index (χ4n) is 5.87. The van der Waals surface area contributed by atoms with Crippen LogP contribution in [0, 0.1) is 6.92 Å². The van der Waals surface area contributed by atoms with Gasteiger partial charge in [-0.1, -0.05) is 17.9 Å². The minimum Gasteiger partial charge on any atom is -0.475 e. The van der Waals surface area contributed by atoms with Gasteiger partial charge in [-0.15, -0.1) is 5.10 Å². The number of rotatable bonds is 6. The molecule has 7 rings (SSSR count). The zero-order valence-corrected chi connectivity index (χ0v) is 25.8. The van der Waals surface area contributed by atoms with E-state index in [1.165, 1.54) is 12.4 Å². The quantitative estimate of drug-likeness (QED) is 0.205. The molecule has 0 radical (unpaired) electrons. The Bertz CT molecular complexity index is 2100. The van der Waals surface area contributed by atoms with Gasteiger partial charge in [0.15, 0.2) is 5.82 Å². The van der Waals surface area contributed by atoms with Crippen LogP contribution in [-0.2, 0) is 16.6 Å². The van der Waals surface area contributed by atoms with Crippen LogP contribution in [0.5, 0.6) is 11.5 Å². The standard InChI is InChI=1S/C31H28N8O2.C2HF3O2/c1-4-29(40)39-21-6-7-22(39)15-19(14-21)24-9-10-25-30(35-24)31(33-17-32-25)34-20-5-12-28(18(2)13-20)41-23-8-11-27-26(16-23)36-37-38(27)3;3-2(4,5)1(6)7/h4-5,8-14,16-17,21-22H,1,6-7,15H2,2-3H3,(H,32,33,34);(H,6,7). The number of benzene rings is 2. The van der Waals surface area contributed by atoms with Crippen molar-refractivity contribution in [3.63, 3.8) is 0 Å². The Morgan fingerprint density at radius 1 is 1.08 bits per heavy atom. The predicted molar refractivity (Wildman–Crippen MR) is 171 cm³/mol. The van der Waals surface area contributed by atoms with Crippen molar-refractivity contribution < 1.29 is 32.6 Å². The van der Waals surface area contributed by atoms with E-state index >= 15 is 0 Å². The van der Waals surface area contributed by atoms with Gasteiger partial charge in [-0.3, -0.25) is 4.79 Å². The number of anilines is 2. The molecule has 2 atom stereocenters. The summed E-state index contributed by atoms with van der Waals surface area (Å²) in [6, 6.07) is 15.9. The number of amides is 1. The van der Waals surface area contributed by atoms with Crippen LogP contribution in [0.25, 0.3) is 27.6 Å². The van der Waals surface area contributed by atoms with E-state index in [-0.39, 0.29) is 18.0 Å². The molecule has 246 valence electrons. The van der Waals surface area contributed by atoms with Gasteiger partial charge in [0.25, 0.3) is 0 Å². The Balaban J connectivity index is 0.000000519. The number of carbonyl (C=O) groups excluding carboxylic acids is 1. The Kier molecular flexibility index (Phi) is 8.52. The number of carboxylic acids is 1. The van der Waals surface area contributed by atoms with Gasteiger partial charge in [0.05, 0.1) is 22.8 Å². The lowest BCUT2D eigenvalue weighted by atomic mass is 9.97. The van der Waals surface area contributed by atoms with Crippen molar-refractivity contribution in [2.45, 2.75) is 44.4 Å². The Morgan fingerprint density at radius 3 is 2.58 bits per heavy atom. The first-order valence-corrected chi connectivity index (χ1v) is 14.8. The van der Waals surface area contributed by atoms with Crippen LogP contribution < -0.4 is 10.1 Å². The normalized spacial score (nSPS) is 17.0. The average molecular weight is 659 g/mol. The topological polar surface area (TPSA) is 148 Å². The zero-order valence-electron chi connectivity index (χ0n) is 25.8. The van der Waals surface area contributed by atoms with Gasteiger partial charge >= 0.3 is 12.1 Å². The number of carboxylic acid groups (broad SMARTS) is 1. The zero-order chi connectivity index (χ0) is 34.2. The summed E-state index contributed by atoms with van der Waals surface area (Å²) in [5.41, 5.74) is 7.03. The summed E-state index contributed by atoms with van der Waals surface area (Å²) >= 11 is 0. The van der Waals surface area contributed by atoms with Crippen LogP contribution in [0.3, 0.4) is 0 Å². The van der Waals surface area contributed by atoms with Crippen molar-refractivity contribution in [2.24, 2.45) is 7.05 Å². The number of hydrogen-bond acceptors (Lipinski definition) is 9. The van der Waals surface area contributed by atoms with Crippen molar-refractivity contribution >= 4 is 51.0 Å². The second kappa shape index (κ2) is 12.7. The van der Waals surface area contributed by atoms with Crippen molar-refractivity contribution in [1.82, 2.24) is 34.8 Å². The van der Waals surface area contributed by atoms with E-state index in [1.54, 1.807) is 4.68 Å². The van der Waals surface area contributed by atoms with Crippen LogP contribution in [0.1, 0.15) is 30.5 Å². The number of ether oxygens (including phenoxy) is 1. The number of aromatic nitrogens is 6. The number of fused-ring (bicyclic) bond motifs is 4. The molecular formula is C33H29F3N8O4. The third-order valence-corrected chi connectivity index (χ3v) is 8.13. The molecule has 0 aliphatic carbocycles.